The van der Waals surface area contributed by atoms with Crippen molar-refractivity contribution in [3.8, 4) is 68.0 Å². The van der Waals surface area contributed by atoms with E-state index in [1.165, 1.54) is 33.4 Å². The molecule has 0 amide bonds. The summed E-state index contributed by atoms with van der Waals surface area (Å²) in [5, 5.41) is 0.138. The molecule has 0 fully saturated rings. The van der Waals surface area contributed by atoms with Gasteiger partial charge in [0, 0.05) is 33.4 Å². The number of rotatable bonds is 2. The maximum absolute atomic E-state index is 6.81. The summed E-state index contributed by atoms with van der Waals surface area (Å²) in [6.45, 7) is 0. The highest BCUT2D eigenvalue weighted by molar-refractivity contribution is 6.28. The average Bonchev–Trinajstić information content (AvgIpc) is 3.74. The van der Waals surface area contributed by atoms with E-state index in [0.29, 0.717) is 11.6 Å². The van der Waals surface area contributed by atoms with E-state index in [2.05, 4.69) is 158 Å². The Hall–Kier alpha value is -7.34. The zero-order valence-corrected chi connectivity index (χ0v) is 32.1. The predicted octanol–water partition coefficient (Wildman–Crippen LogP) is 12.8. The van der Waals surface area contributed by atoms with Gasteiger partial charge in [0.1, 0.15) is 23.0 Å². The maximum Gasteiger partial charge on any atom is 0.226 e. The first-order chi connectivity index (χ1) is 29.1. The molecule has 13 rings (SSSR count). The Balaban J connectivity index is 0.976. The summed E-state index contributed by atoms with van der Waals surface area (Å²) in [6.07, 6.45) is 0. The number of halogens is 1. The normalized spacial score (nSPS) is 14.7. The van der Waals surface area contributed by atoms with Crippen LogP contribution in [-0.4, -0.2) is 15.0 Å². The lowest BCUT2D eigenvalue weighted by Gasteiger charge is -2.39. The second-order valence-corrected chi connectivity index (χ2v) is 15.9. The molecule has 4 aliphatic rings. The van der Waals surface area contributed by atoms with Crippen LogP contribution < -0.4 is 9.47 Å². The van der Waals surface area contributed by atoms with Gasteiger partial charge in [-0.15, -0.1) is 0 Å². The van der Waals surface area contributed by atoms with Crippen LogP contribution in [-0.2, 0) is 10.8 Å². The van der Waals surface area contributed by atoms with Gasteiger partial charge in [0.15, 0.2) is 11.6 Å². The van der Waals surface area contributed by atoms with Gasteiger partial charge in [0.25, 0.3) is 0 Å². The van der Waals surface area contributed by atoms with Gasteiger partial charge in [-0.05, 0) is 92.5 Å². The molecule has 2 spiro atoms. The third-order valence-corrected chi connectivity index (χ3v) is 13.0. The molecule has 2 aliphatic carbocycles. The largest absolute Gasteiger partial charge is 0.457 e. The van der Waals surface area contributed by atoms with Crippen molar-refractivity contribution in [2.45, 2.75) is 10.8 Å². The molecule has 1 aromatic heterocycles. The highest BCUT2D eigenvalue weighted by Gasteiger charge is 2.52. The topological polar surface area (TPSA) is 57.1 Å². The van der Waals surface area contributed by atoms with Crippen molar-refractivity contribution in [1.82, 2.24) is 15.0 Å². The molecule has 5 nitrogen and oxygen atoms in total. The number of hydrogen-bond donors (Lipinski definition) is 0. The van der Waals surface area contributed by atoms with Crippen molar-refractivity contribution in [2.24, 2.45) is 0 Å². The minimum absolute atomic E-state index is 0.138. The van der Waals surface area contributed by atoms with Crippen molar-refractivity contribution in [2.75, 3.05) is 0 Å². The molecule has 0 unspecified atom stereocenters. The summed E-state index contributed by atoms with van der Waals surface area (Å²) >= 11 is 6.81. The van der Waals surface area contributed by atoms with Crippen molar-refractivity contribution in [1.29, 1.82) is 0 Å². The SMILES string of the molecule is Clc1nc(-c2ccc3c(c2)-c2ccccc2C32c3ccccc3Oc3ccccc32)nc(-c2ccc3c(c2)-c2ccccc2C32c3ccccc3Oc3ccccc32)n1. The third-order valence-electron chi connectivity index (χ3n) is 12.8. The molecule has 9 aromatic rings. The quantitative estimate of drug-likeness (QED) is 0.175. The van der Waals surface area contributed by atoms with Crippen LogP contribution in [0.4, 0.5) is 0 Å². The van der Waals surface area contributed by atoms with Crippen LogP contribution in [0.1, 0.15) is 44.5 Å². The van der Waals surface area contributed by atoms with E-state index in [0.717, 1.165) is 67.5 Å². The standard InChI is InChI=1S/C53H30ClN3O2/c54-51-56-49(31-25-27-39-35(29-31)33-13-1-3-15-37(33)52(39)41-17-5-9-21-45(41)58-46-22-10-6-18-42(46)52)55-50(57-51)32-26-28-40-36(30-32)34-14-2-4-16-38(34)53(40)43-19-7-11-23-47(43)59-48-24-12-8-20-44(48)53/h1-30H. The molecule has 0 saturated carbocycles. The molecule has 0 radical (unpaired) electrons. The molecule has 0 bridgehead atoms. The molecule has 8 aromatic carbocycles. The number of benzene rings is 8. The number of ether oxygens (including phenoxy) is 2. The average molecular weight is 776 g/mol. The molecular formula is C53H30ClN3O2. The number of aromatic nitrogens is 3. The Bertz CT molecular complexity index is 2980. The molecule has 0 saturated heterocycles. The zero-order chi connectivity index (χ0) is 38.9. The van der Waals surface area contributed by atoms with E-state index >= 15 is 0 Å². The Labute approximate surface area is 345 Å². The Morgan fingerprint density at radius 3 is 1.03 bits per heavy atom. The molecule has 6 heteroatoms. The van der Waals surface area contributed by atoms with Gasteiger partial charge in [-0.25, -0.2) is 4.98 Å². The van der Waals surface area contributed by atoms with Gasteiger partial charge in [0.05, 0.1) is 10.8 Å². The van der Waals surface area contributed by atoms with Gasteiger partial charge in [-0.3, -0.25) is 0 Å². The fourth-order valence-electron chi connectivity index (χ4n) is 10.6. The van der Waals surface area contributed by atoms with Gasteiger partial charge >= 0.3 is 0 Å². The van der Waals surface area contributed by atoms with Gasteiger partial charge in [-0.1, -0.05) is 146 Å². The van der Waals surface area contributed by atoms with Gasteiger partial charge in [-0.2, -0.15) is 9.97 Å². The highest BCUT2D eigenvalue weighted by atomic mass is 35.5. The fourth-order valence-corrected chi connectivity index (χ4v) is 10.8. The predicted molar refractivity (Wildman–Crippen MR) is 230 cm³/mol. The van der Waals surface area contributed by atoms with Crippen LogP contribution in [0.3, 0.4) is 0 Å². The number of nitrogens with zero attached hydrogens (tertiary/aromatic N) is 3. The van der Waals surface area contributed by atoms with E-state index in [1.54, 1.807) is 0 Å². The lowest BCUT2D eigenvalue weighted by Crippen LogP contribution is -2.32. The first-order valence-electron chi connectivity index (χ1n) is 19.8. The van der Waals surface area contributed by atoms with Crippen LogP contribution in [0.25, 0.3) is 45.0 Å². The smallest absolute Gasteiger partial charge is 0.226 e. The minimum Gasteiger partial charge on any atom is -0.457 e. The summed E-state index contributed by atoms with van der Waals surface area (Å²) in [6, 6.07) is 64.1. The Kier molecular flexibility index (Phi) is 6.57. The molecule has 2 aliphatic heterocycles. The molecule has 0 atom stereocenters. The molecule has 3 heterocycles. The van der Waals surface area contributed by atoms with E-state index in [9.17, 15) is 0 Å². The maximum atomic E-state index is 6.81. The van der Waals surface area contributed by atoms with Crippen LogP contribution in [0.5, 0.6) is 23.0 Å². The molecule has 59 heavy (non-hydrogen) atoms. The van der Waals surface area contributed by atoms with Crippen molar-refractivity contribution in [3.05, 3.63) is 232 Å². The Morgan fingerprint density at radius 2 is 0.644 bits per heavy atom. The number of fused-ring (bicyclic) bond motifs is 18. The molecule has 0 N–H and O–H groups in total. The highest BCUT2D eigenvalue weighted by Crippen LogP contribution is 2.64. The van der Waals surface area contributed by atoms with E-state index in [-0.39, 0.29) is 5.28 Å². The van der Waals surface area contributed by atoms with Crippen LogP contribution in [0.2, 0.25) is 5.28 Å². The van der Waals surface area contributed by atoms with Gasteiger partial charge in [0.2, 0.25) is 5.28 Å². The van der Waals surface area contributed by atoms with Crippen molar-refractivity contribution < 1.29 is 9.47 Å². The molecular weight excluding hydrogens is 746 g/mol. The lowest BCUT2D eigenvalue weighted by atomic mass is 9.66. The van der Waals surface area contributed by atoms with Gasteiger partial charge < -0.3 is 9.47 Å². The zero-order valence-electron chi connectivity index (χ0n) is 31.4. The summed E-state index contributed by atoms with van der Waals surface area (Å²) in [4.78, 5) is 14.6. The number of hydrogen-bond acceptors (Lipinski definition) is 5. The Morgan fingerprint density at radius 1 is 0.322 bits per heavy atom. The third kappa shape index (κ3) is 4.22. The van der Waals surface area contributed by atoms with E-state index in [1.807, 2.05) is 24.3 Å². The van der Waals surface area contributed by atoms with Crippen molar-refractivity contribution >= 4 is 11.6 Å². The van der Waals surface area contributed by atoms with E-state index < -0.39 is 10.8 Å². The van der Waals surface area contributed by atoms with Crippen LogP contribution in [0.15, 0.2) is 182 Å². The summed E-state index contributed by atoms with van der Waals surface area (Å²) < 4.78 is 13.0. The fraction of sp³-hybridized carbons (Fsp3) is 0.0377. The minimum atomic E-state index is -0.554. The monoisotopic (exact) mass is 775 g/mol. The van der Waals surface area contributed by atoms with Crippen LogP contribution in [0, 0.1) is 0 Å². The molecule has 276 valence electrons. The summed E-state index contributed by atoms with van der Waals surface area (Å²) in [5.74, 6) is 4.47. The summed E-state index contributed by atoms with van der Waals surface area (Å²) in [7, 11) is 0. The number of para-hydroxylation sites is 4. The van der Waals surface area contributed by atoms with Crippen molar-refractivity contribution in [3.63, 3.8) is 0 Å². The first-order valence-corrected chi connectivity index (χ1v) is 20.2. The first kappa shape index (κ1) is 32.7. The second kappa shape index (κ2) is 11.9. The second-order valence-electron chi connectivity index (χ2n) is 15.6. The van der Waals surface area contributed by atoms with E-state index in [4.69, 9.17) is 36.0 Å². The lowest BCUT2D eigenvalue weighted by molar-refractivity contribution is 0.436. The van der Waals surface area contributed by atoms with Crippen LogP contribution >= 0.6 is 11.6 Å². The summed E-state index contributed by atoms with van der Waals surface area (Å²) in [5.41, 5.74) is 14.5.